The number of hydrogen-bond acceptors (Lipinski definition) is 5. The molecular formula is C18H17ClFNO5. The van der Waals surface area contributed by atoms with Gasteiger partial charge in [-0.15, -0.1) is 0 Å². The van der Waals surface area contributed by atoms with Crippen molar-refractivity contribution in [2.45, 2.75) is 6.42 Å². The number of carbonyl (C=O) groups is 2. The summed E-state index contributed by atoms with van der Waals surface area (Å²) >= 11 is 5.74. The highest BCUT2D eigenvalue weighted by Gasteiger charge is 2.14. The molecule has 0 saturated heterocycles. The Morgan fingerprint density at radius 2 is 1.88 bits per heavy atom. The molecule has 0 atom stereocenters. The molecule has 1 N–H and O–H groups in total. The minimum absolute atomic E-state index is 0.0876. The topological polar surface area (TPSA) is 73.9 Å². The lowest BCUT2D eigenvalue weighted by atomic mass is 10.1. The van der Waals surface area contributed by atoms with E-state index in [0.29, 0.717) is 17.1 Å². The molecular weight excluding hydrogens is 365 g/mol. The van der Waals surface area contributed by atoms with Crippen molar-refractivity contribution in [3.63, 3.8) is 0 Å². The molecule has 0 aliphatic carbocycles. The normalized spacial score (nSPS) is 10.2. The van der Waals surface area contributed by atoms with E-state index in [1.165, 1.54) is 26.4 Å². The summed E-state index contributed by atoms with van der Waals surface area (Å²) in [5, 5.41) is 2.56. The van der Waals surface area contributed by atoms with Gasteiger partial charge in [0.1, 0.15) is 17.3 Å². The number of amides is 1. The molecule has 0 heterocycles. The Bertz CT molecular complexity index is 812. The molecule has 138 valence electrons. The molecule has 2 aromatic rings. The van der Waals surface area contributed by atoms with Gasteiger partial charge in [-0.1, -0.05) is 17.7 Å². The average molecular weight is 382 g/mol. The highest BCUT2D eigenvalue weighted by Crippen LogP contribution is 2.25. The van der Waals surface area contributed by atoms with Crippen molar-refractivity contribution in [3.05, 3.63) is 52.8 Å². The maximum absolute atomic E-state index is 13.6. The Morgan fingerprint density at radius 1 is 1.12 bits per heavy atom. The first-order valence-corrected chi connectivity index (χ1v) is 7.92. The Labute approximate surface area is 154 Å². The molecule has 2 rings (SSSR count). The van der Waals surface area contributed by atoms with Crippen LogP contribution in [0.2, 0.25) is 5.02 Å². The zero-order chi connectivity index (χ0) is 19.1. The van der Waals surface area contributed by atoms with E-state index in [1.54, 1.807) is 18.2 Å². The summed E-state index contributed by atoms with van der Waals surface area (Å²) in [7, 11) is 2.99. The molecule has 0 saturated carbocycles. The maximum Gasteiger partial charge on any atom is 0.310 e. The van der Waals surface area contributed by atoms with Crippen LogP contribution in [0.3, 0.4) is 0 Å². The molecule has 0 aliphatic rings. The van der Waals surface area contributed by atoms with Gasteiger partial charge < -0.3 is 19.5 Å². The SMILES string of the molecule is COc1ccc(CC(=O)OCC(=O)Nc2cc(Cl)ccc2F)c(OC)c1. The van der Waals surface area contributed by atoms with Gasteiger partial charge in [-0.05, 0) is 24.3 Å². The fraction of sp³-hybridized carbons (Fsp3) is 0.222. The fourth-order valence-electron chi connectivity index (χ4n) is 2.13. The number of nitrogens with one attached hydrogen (secondary N) is 1. The summed E-state index contributed by atoms with van der Waals surface area (Å²) in [6.07, 6.45) is -0.0913. The van der Waals surface area contributed by atoms with Gasteiger partial charge in [-0.2, -0.15) is 0 Å². The van der Waals surface area contributed by atoms with Gasteiger partial charge in [0.2, 0.25) is 0 Å². The minimum Gasteiger partial charge on any atom is -0.497 e. The largest absolute Gasteiger partial charge is 0.497 e. The summed E-state index contributed by atoms with van der Waals surface area (Å²) in [5.41, 5.74) is 0.495. The maximum atomic E-state index is 13.6. The number of anilines is 1. The van der Waals surface area contributed by atoms with Crippen molar-refractivity contribution in [1.29, 1.82) is 0 Å². The van der Waals surface area contributed by atoms with Gasteiger partial charge in [0, 0.05) is 16.7 Å². The first kappa shape index (κ1) is 19.5. The standard InChI is InChI=1S/C18H17ClFNO5/c1-24-13-5-3-11(16(9-13)25-2)7-18(23)26-10-17(22)21-15-8-12(19)4-6-14(15)20/h3-6,8-9H,7,10H2,1-2H3,(H,21,22). The summed E-state index contributed by atoms with van der Waals surface area (Å²) < 4.78 is 28.7. The van der Waals surface area contributed by atoms with Crippen LogP contribution in [-0.4, -0.2) is 32.7 Å². The van der Waals surface area contributed by atoms with Gasteiger partial charge in [0.05, 0.1) is 26.3 Å². The summed E-state index contributed by atoms with van der Waals surface area (Å²) in [4.78, 5) is 23.7. The number of rotatable bonds is 7. The van der Waals surface area contributed by atoms with Crippen molar-refractivity contribution < 1.29 is 28.2 Å². The van der Waals surface area contributed by atoms with Crippen molar-refractivity contribution in [2.24, 2.45) is 0 Å². The number of ether oxygens (including phenoxy) is 3. The zero-order valence-electron chi connectivity index (χ0n) is 14.2. The van der Waals surface area contributed by atoms with Crippen LogP contribution in [0.15, 0.2) is 36.4 Å². The van der Waals surface area contributed by atoms with E-state index >= 15 is 0 Å². The highest BCUT2D eigenvalue weighted by atomic mass is 35.5. The van der Waals surface area contributed by atoms with Gasteiger partial charge in [-0.3, -0.25) is 9.59 Å². The molecule has 0 aromatic heterocycles. The molecule has 0 fully saturated rings. The first-order valence-electron chi connectivity index (χ1n) is 7.54. The van der Waals surface area contributed by atoms with E-state index in [1.807, 2.05) is 0 Å². The number of esters is 1. The third kappa shape index (κ3) is 5.35. The van der Waals surface area contributed by atoms with Crippen molar-refractivity contribution in [1.82, 2.24) is 0 Å². The van der Waals surface area contributed by atoms with E-state index in [2.05, 4.69) is 5.32 Å². The van der Waals surface area contributed by atoms with Crippen LogP contribution >= 0.6 is 11.6 Å². The van der Waals surface area contributed by atoms with E-state index in [9.17, 15) is 14.0 Å². The van der Waals surface area contributed by atoms with Crippen LogP contribution in [-0.2, 0) is 20.7 Å². The minimum atomic E-state index is -0.679. The second-order valence-corrected chi connectivity index (χ2v) is 5.62. The number of halogens is 2. The summed E-state index contributed by atoms with van der Waals surface area (Å²) in [6.45, 7) is -0.552. The quantitative estimate of drug-likeness (QED) is 0.745. The second kappa shape index (κ2) is 9.05. The van der Waals surface area contributed by atoms with E-state index in [4.69, 9.17) is 25.8 Å². The average Bonchev–Trinajstić information content (AvgIpc) is 2.63. The van der Waals surface area contributed by atoms with Crippen LogP contribution in [0.4, 0.5) is 10.1 Å². The van der Waals surface area contributed by atoms with E-state index in [0.717, 1.165) is 6.07 Å². The lowest BCUT2D eigenvalue weighted by Gasteiger charge is -2.11. The number of hydrogen-bond donors (Lipinski definition) is 1. The van der Waals surface area contributed by atoms with Gasteiger partial charge in [-0.25, -0.2) is 4.39 Å². The third-order valence-corrected chi connectivity index (χ3v) is 3.63. The Morgan fingerprint density at radius 3 is 2.58 bits per heavy atom. The number of carbonyl (C=O) groups excluding carboxylic acids is 2. The smallest absolute Gasteiger partial charge is 0.310 e. The molecule has 0 unspecified atom stereocenters. The Balaban J connectivity index is 1.90. The van der Waals surface area contributed by atoms with Crippen LogP contribution in [0, 0.1) is 5.82 Å². The molecule has 0 aliphatic heterocycles. The van der Waals surface area contributed by atoms with Crippen LogP contribution in [0.5, 0.6) is 11.5 Å². The van der Waals surface area contributed by atoms with Crippen LogP contribution < -0.4 is 14.8 Å². The van der Waals surface area contributed by atoms with Crippen LogP contribution in [0.1, 0.15) is 5.56 Å². The van der Waals surface area contributed by atoms with Gasteiger partial charge in [0.25, 0.3) is 5.91 Å². The molecule has 0 radical (unpaired) electrons. The molecule has 0 bridgehead atoms. The van der Waals surface area contributed by atoms with Crippen LogP contribution in [0.25, 0.3) is 0 Å². The highest BCUT2D eigenvalue weighted by molar-refractivity contribution is 6.30. The second-order valence-electron chi connectivity index (χ2n) is 5.19. The lowest BCUT2D eigenvalue weighted by Crippen LogP contribution is -2.22. The number of methoxy groups -OCH3 is 2. The van der Waals surface area contributed by atoms with Crippen molar-refractivity contribution >= 4 is 29.2 Å². The molecule has 8 heteroatoms. The van der Waals surface area contributed by atoms with E-state index in [-0.39, 0.29) is 17.1 Å². The lowest BCUT2D eigenvalue weighted by molar-refractivity contribution is -0.146. The fourth-order valence-corrected chi connectivity index (χ4v) is 2.30. The Hall–Kier alpha value is -2.80. The molecule has 1 amide bonds. The van der Waals surface area contributed by atoms with E-state index < -0.39 is 24.3 Å². The van der Waals surface area contributed by atoms with Gasteiger partial charge >= 0.3 is 5.97 Å². The predicted molar refractivity (Wildman–Crippen MR) is 94.2 cm³/mol. The van der Waals surface area contributed by atoms with Crippen molar-refractivity contribution in [2.75, 3.05) is 26.1 Å². The van der Waals surface area contributed by atoms with Crippen molar-refractivity contribution in [3.8, 4) is 11.5 Å². The monoisotopic (exact) mass is 381 g/mol. The molecule has 26 heavy (non-hydrogen) atoms. The zero-order valence-corrected chi connectivity index (χ0v) is 14.9. The first-order chi connectivity index (χ1) is 12.4. The summed E-state index contributed by atoms with van der Waals surface area (Å²) in [5.74, 6) is -0.901. The summed E-state index contributed by atoms with van der Waals surface area (Å²) in [6, 6.07) is 8.73. The molecule has 2 aromatic carbocycles. The number of benzene rings is 2. The third-order valence-electron chi connectivity index (χ3n) is 3.40. The predicted octanol–water partition coefficient (Wildman–Crippen LogP) is 3.22. The molecule has 6 nitrogen and oxygen atoms in total. The van der Waals surface area contributed by atoms with Gasteiger partial charge in [0.15, 0.2) is 6.61 Å². The molecule has 0 spiro atoms. The Kier molecular flexibility index (Phi) is 6.80.